The van der Waals surface area contributed by atoms with Gasteiger partial charge in [0.15, 0.2) is 0 Å². The largest absolute Gasteiger partial charge is 0.343 e. The first-order valence-electron chi connectivity index (χ1n) is 7.99. The summed E-state index contributed by atoms with van der Waals surface area (Å²) in [6, 6.07) is 16.8. The van der Waals surface area contributed by atoms with E-state index in [1.807, 2.05) is 42.5 Å². The van der Waals surface area contributed by atoms with Crippen molar-refractivity contribution in [2.45, 2.75) is 26.2 Å². The van der Waals surface area contributed by atoms with Crippen molar-refractivity contribution in [3.05, 3.63) is 65.7 Å². The Kier molecular flexibility index (Phi) is 5.39. The Morgan fingerprint density at radius 1 is 0.958 bits per heavy atom. The van der Waals surface area contributed by atoms with Gasteiger partial charge < -0.3 is 10.2 Å². The number of hydrogen-bond donors (Lipinski definition) is 1. The molecule has 1 N–H and O–H groups in total. The number of rotatable bonds is 4. The first-order valence-corrected chi connectivity index (χ1v) is 7.99. The lowest BCUT2D eigenvalue weighted by Crippen LogP contribution is -2.38. The molecule has 0 aromatic heterocycles. The third-order valence-electron chi connectivity index (χ3n) is 3.93. The maximum absolute atomic E-state index is 12.2. The molecule has 0 aliphatic rings. The summed E-state index contributed by atoms with van der Waals surface area (Å²) < 4.78 is 0. The van der Waals surface area contributed by atoms with Gasteiger partial charge in [-0.2, -0.15) is 0 Å². The minimum absolute atomic E-state index is 0.0365. The van der Waals surface area contributed by atoms with E-state index < -0.39 is 0 Å². The first kappa shape index (κ1) is 17.7. The molecule has 0 fully saturated rings. The Balaban J connectivity index is 1.94. The summed E-state index contributed by atoms with van der Waals surface area (Å²) in [5.41, 5.74) is 2.56. The van der Waals surface area contributed by atoms with Gasteiger partial charge in [-0.25, -0.2) is 0 Å². The highest BCUT2D eigenvalue weighted by Crippen LogP contribution is 2.22. The maximum Gasteiger partial charge on any atom is 0.251 e. The minimum atomic E-state index is -0.245. The van der Waals surface area contributed by atoms with E-state index in [4.69, 9.17) is 0 Å². The molecule has 2 aromatic rings. The third-order valence-corrected chi connectivity index (χ3v) is 3.93. The van der Waals surface area contributed by atoms with Crippen LogP contribution in [0, 0.1) is 0 Å². The van der Waals surface area contributed by atoms with E-state index in [0.29, 0.717) is 5.56 Å². The minimum Gasteiger partial charge on any atom is -0.343 e. The molecule has 0 aliphatic heterocycles. The van der Waals surface area contributed by atoms with Gasteiger partial charge >= 0.3 is 0 Å². The number of likely N-dealkylation sites (N-methyl/N-ethyl adjacent to an activating group) is 1. The van der Waals surface area contributed by atoms with Crippen LogP contribution in [0.25, 0.3) is 0 Å². The molecule has 0 spiro atoms. The zero-order valence-corrected chi connectivity index (χ0v) is 14.7. The molecule has 0 atom stereocenters. The Morgan fingerprint density at radius 3 is 2.08 bits per heavy atom. The average molecular weight is 324 g/mol. The van der Waals surface area contributed by atoms with Gasteiger partial charge in [0.1, 0.15) is 0 Å². The Labute approximate surface area is 143 Å². The van der Waals surface area contributed by atoms with Crippen LogP contribution in [0.2, 0.25) is 0 Å². The van der Waals surface area contributed by atoms with Crippen LogP contribution in [0.3, 0.4) is 0 Å². The summed E-state index contributed by atoms with van der Waals surface area (Å²) in [6.07, 6.45) is 0. The molecule has 0 bridgehead atoms. The Morgan fingerprint density at radius 2 is 1.54 bits per heavy atom. The summed E-state index contributed by atoms with van der Waals surface area (Å²) in [5, 5.41) is 2.68. The van der Waals surface area contributed by atoms with Crippen LogP contribution < -0.4 is 10.2 Å². The lowest BCUT2D eigenvalue weighted by molar-refractivity contribution is -0.117. The fourth-order valence-corrected chi connectivity index (χ4v) is 2.29. The Hall–Kier alpha value is -2.62. The highest BCUT2D eigenvalue weighted by atomic mass is 16.2. The zero-order chi connectivity index (χ0) is 17.7. The van der Waals surface area contributed by atoms with Crippen LogP contribution in [-0.2, 0) is 10.2 Å². The zero-order valence-electron chi connectivity index (χ0n) is 14.7. The predicted molar refractivity (Wildman–Crippen MR) is 97.3 cm³/mol. The maximum atomic E-state index is 12.2. The van der Waals surface area contributed by atoms with Crippen LogP contribution in [0.15, 0.2) is 54.6 Å². The molecule has 2 aromatic carbocycles. The van der Waals surface area contributed by atoms with Crippen molar-refractivity contribution in [3.63, 3.8) is 0 Å². The van der Waals surface area contributed by atoms with Gasteiger partial charge in [-0.15, -0.1) is 0 Å². The fraction of sp³-hybridized carbons (Fsp3) is 0.300. The highest BCUT2D eigenvalue weighted by molar-refractivity contribution is 6.00. The summed E-state index contributed by atoms with van der Waals surface area (Å²) in [6.45, 7) is 6.34. The molecule has 0 heterocycles. The highest BCUT2D eigenvalue weighted by Gasteiger charge is 2.15. The van der Waals surface area contributed by atoms with Crippen LogP contribution in [0.1, 0.15) is 36.7 Å². The molecule has 4 heteroatoms. The van der Waals surface area contributed by atoms with Crippen molar-refractivity contribution >= 4 is 17.5 Å². The van der Waals surface area contributed by atoms with Crippen LogP contribution in [-0.4, -0.2) is 25.4 Å². The monoisotopic (exact) mass is 324 g/mol. The topological polar surface area (TPSA) is 49.4 Å². The predicted octanol–water partition coefficient (Wildman–Crippen LogP) is 3.38. The summed E-state index contributed by atoms with van der Waals surface area (Å²) in [7, 11) is 1.70. The average Bonchev–Trinajstić information content (AvgIpc) is 2.58. The number of nitrogens with one attached hydrogen (secondary N) is 1. The second kappa shape index (κ2) is 7.30. The molecule has 2 rings (SSSR count). The summed E-state index contributed by atoms with van der Waals surface area (Å²) >= 11 is 0. The lowest BCUT2D eigenvalue weighted by Gasteiger charge is -2.19. The molecule has 0 unspecified atom stereocenters. The summed E-state index contributed by atoms with van der Waals surface area (Å²) in [5.74, 6) is -0.411. The van der Waals surface area contributed by atoms with E-state index in [-0.39, 0.29) is 23.8 Å². The number of para-hydroxylation sites is 1. The number of carbonyl (C=O) groups is 2. The van der Waals surface area contributed by atoms with Crippen LogP contribution in [0.5, 0.6) is 0 Å². The van der Waals surface area contributed by atoms with E-state index in [2.05, 4.69) is 26.1 Å². The first-order chi connectivity index (χ1) is 11.3. The molecule has 0 saturated carbocycles. The molecule has 126 valence electrons. The van der Waals surface area contributed by atoms with Crippen molar-refractivity contribution in [2.75, 3.05) is 18.5 Å². The third kappa shape index (κ3) is 4.44. The second-order valence-corrected chi connectivity index (χ2v) is 6.80. The van der Waals surface area contributed by atoms with E-state index in [0.717, 1.165) is 5.69 Å². The fourth-order valence-electron chi connectivity index (χ4n) is 2.29. The van der Waals surface area contributed by atoms with Gasteiger partial charge in [-0.05, 0) is 35.2 Å². The van der Waals surface area contributed by atoms with Crippen LogP contribution in [0.4, 0.5) is 5.69 Å². The van der Waals surface area contributed by atoms with Crippen molar-refractivity contribution in [3.8, 4) is 0 Å². The Bertz CT molecular complexity index is 701. The van der Waals surface area contributed by atoms with E-state index in [1.165, 1.54) is 10.5 Å². The van der Waals surface area contributed by atoms with Gasteiger partial charge in [0, 0.05) is 18.3 Å². The van der Waals surface area contributed by atoms with Crippen molar-refractivity contribution < 1.29 is 9.59 Å². The van der Waals surface area contributed by atoms with Gasteiger partial charge in [0.2, 0.25) is 5.91 Å². The standard InChI is InChI=1S/C20H24N2O2/c1-20(2,3)16-12-10-15(11-13-16)19(24)21-14-18(23)22(4)17-8-6-5-7-9-17/h5-13H,14H2,1-4H3,(H,21,24). The number of nitrogens with zero attached hydrogens (tertiary/aromatic N) is 1. The van der Waals surface area contributed by atoms with Crippen molar-refractivity contribution in [1.82, 2.24) is 5.32 Å². The molecule has 24 heavy (non-hydrogen) atoms. The van der Waals surface area contributed by atoms with Crippen LogP contribution >= 0.6 is 0 Å². The second-order valence-electron chi connectivity index (χ2n) is 6.80. The molecule has 4 nitrogen and oxygen atoms in total. The van der Waals surface area contributed by atoms with E-state index >= 15 is 0 Å². The molecular weight excluding hydrogens is 300 g/mol. The number of benzene rings is 2. The van der Waals surface area contributed by atoms with E-state index in [9.17, 15) is 9.59 Å². The van der Waals surface area contributed by atoms with Gasteiger partial charge in [-0.3, -0.25) is 9.59 Å². The number of amides is 2. The van der Waals surface area contributed by atoms with Gasteiger partial charge in [0.05, 0.1) is 6.54 Å². The molecule has 0 saturated heterocycles. The quantitative estimate of drug-likeness (QED) is 0.937. The normalized spacial score (nSPS) is 11.0. The summed E-state index contributed by atoms with van der Waals surface area (Å²) in [4.78, 5) is 25.9. The SMILES string of the molecule is CN(C(=O)CNC(=O)c1ccc(C(C)(C)C)cc1)c1ccccc1. The number of carbonyl (C=O) groups excluding carboxylic acids is 2. The molecular formula is C20H24N2O2. The van der Waals surface area contributed by atoms with Crippen molar-refractivity contribution in [1.29, 1.82) is 0 Å². The number of hydrogen-bond acceptors (Lipinski definition) is 2. The molecule has 2 amide bonds. The lowest BCUT2D eigenvalue weighted by atomic mass is 9.87. The number of anilines is 1. The van der Waals surface area contributed by atoms with Gasteiger partial charge in [0.25, 0.3) is 5.91 Å². The van der Waals surface area contributed by atoms with Gasteiger partial charge in [-0.1, -0.05) is 51.1 Å². The molecule has 0 aliphatic carbocycles. The molecule has 0 radical (unpaired) electrons. The van der Waals surface area contributed by atoms with E-state index in [1.54, 1.807) is 19.2 Å². The smallest absolute Gasteiger partial charge is 0.251 e. The van der Waals surface area contributed by atoms with Crippen molar-refractivity contribution in [2.24, 2.45) is 0 Å².